The van der Waals surface area contributed by atoms with Crippen LogP contribution in [-0.4, -0.2) is 61.1 Å². The first-order chi connectivity index (χ1) is 6.89. The molecule has 1 aliphatic heterocycles. The monoisotopic (exact) mass is 234 g/mol. The zero-order valence-electron chi connectivity index (χ0n) is 8.46. The number of nitrogens with zero attached hydrogens (tertiary/aromatic N) is 2. The Hall–Kier alpha value is -1.08. The molecule has 0 atom stereocenters. The highest BCUT2D eigenvalue weighted by atomic mass is 32.2. The molecule has 0 aliphatic carbocycles. The third-order valence-corrected chi connectivity index (χ3v) is 3.47. The van der Waals surface area contributed by atoms with Crippen molar-refractivity contribution in [2.45, 2.75) is 0 Å². The van der Waals surface area contributed by atoms with Crippen LogP contribution in [0.4, 0.5) is 0 Å². The maximum absolute atomic E-state index is 11.2. The Morgan fingerprint density at radius 2 is 1.80 bits per heavy atom. The first-order valence-corrected chi connectivity index (χ1v) is 6.35. The molecule has 1 N–H and O–H groups in total. The second-order valence-corrected chi connectivity index (χ2v) is 5.33. The maximum atomic E-state index is 11.2. The van der Waals surface area contributed by atoms with Crippen LogP contribution in [0.2, 0.25) is 0 Å². The highest BCUT2D eigenvalue weighted by molar-refractivity contribution is 7.88. The van der Waals surface area contributed by atoms with Crippen LogP contribution in [0.25, 0.3) is 0 Å². The lowest BCUT2D eigenvalue weighted by Crippen LogP contribution is -2.46. The van der Waals surface area contributed by atoms with Crippen molar-refractivity contribution in [1.82, 2.24) is 9.21 Å². The molecule has 0 amide bonds. The van der Waals surface area contributed by atoms with Gasteiger partial charge in [-0.25, -0.2) is 13.2 Å². The number of rotatable bonds is 3. The molecule has 86 valence electrons. The Kier molecular flexibility index (Phi) is 3.70. The molecular formula is C8H14N2O4S. The van der Waals surface area contributed by atoms with Crippen molar-refractivity contribution in [3.8, 4) is 0 Å². The predicted octanol–water partition coefficient (Wildman–Crippen LogP) is -0.838. The van der Waals surface area contributed by atoms with Crippen LogP contribution in [0.5, 0.6) is 0 Å². The van der Waals surface area contributed by atoms with Gasteiger partial charge in [0, 0.05) is 38.5 Å². The normalized spacial score (nSPS) is 19.7. The van der Waals surface area contributed by atoms with E-state index in [2.05, 4.69) is 0 Å². The minimum atomic E-state index is -3.11. The van der Waals surface area contributed by atoms with Crippen LogP contribution in [0.15, 0.2) is 12.3 Å². The van der Waals surface area contributed by atoms with Crippen molar-refractivity contribution in [3.63, 3.8) is 0 Å². The fraction of sp³-hybridized carbons (Fsp3) is 0.625. The second kappa shape index (κ2) is 4.63. The van der Waals surface area contributed by atoms with Crippen molar-refractivity contribution in [2.24, 2.45) is 0 Å². The van der Waals surface area contributed by atoms with E-state index in [0.29, 0.717) is 26.2 Å². The van der Waals surface area contributed by atoms with Gasteiger partial charge in [0.15, 0.2) is 0 Å². The first-order valence-electron chi connectivity index (χ1n) is 4.50. The van der Waals surface area contributed by atoms with E-state index in [1.54, 1.807) is 4.90 Å². The molecule has 1 rings (SSSR count). The van der Waals surface area contributed by atoms with Gasteiger partial charge in [-0.1, -0.05) is 0 Å². The summed E-state index contributed by atoms with van der Waals surface area (Å²) in [5.41, 5.74) is 0. The van der Waals surface area contributed by atoms with Crippen molar-refractivity contribution in [2.75, 3.05) is 32.4 Å². The fourth-order valence-electron chi connectivity index (χ4n) is 1.35. The summed E-state index contributed by atoms with van der Waals surface area (Å²) in [7, 11) is -3.11. The molecule has 7 heteroatoms. The Balaban J connectivity index is 2.46. The number of hydrogen-bond acceptors (Lipinski definition) is 4. The van der Waals surface area contributed by atoms with E-state index >= 15 is 0 Å². The zero-order valence-corrected chi connectivity index (χ0v) is 9.27. The number of sulfonamides is 1. The van der Waals surface area contributed by atoms with Crippen molar-refractivity contribution >= 4 is 16.0 Å². The van der Waals surface area contributed by atoms with Gasteiger partial charge in [-0.15, -0.1) is 0 Å². The van der Waals surface area contributed by atoms with E-state index < -0.39 is 16.0 Å². The summed E-state index contributed by atoms with van der Waals surface area (Å²) < 4.78 is 23.7. The highest BCUT2D eigenvalue weighted by Crippen LogP contribution is 2.05. The Bertz CT molecular complexity index is 355. The molecule has 0 bridgehead atoms. The van der Waals surface area contributed by atoms with Crippen LogP contribution in [0.1, 0.15) is 0 Å². The number of aliphatic carboxylic acids is 1. The Morgan fingerprint density at radius 1 is 1.27 bits per heavy atom. The molecule has 0 spiro atoms. The fourth-order valence-corrected chi connectivity index (χ4v) is 2.18. The minimum absolute atomic E-state index is 0.406. The van der Waals surface area contributed by atoms with Crippen molar-refractivity contribution < 1.29 is 18.3 Å². The summed E-state index contributed by atoms with van der Waals surface area (Å²) in [5, 5.41) is 8.41. The molecule has 0 unspecified atom stereocenters. The molecule has 0 aromatic rings. The summed E-state index contributed by atoms with van der Waals surface area (Å²) in [6, 6.07) is 0. The van der Waals surface area contributed by atoms with Gasteiger partial charge in [0.25, 0.3) is 0 Å². The van der Waals surface area contributed by atoms with Gasteiger partial charge in [-0.2, -0.15) is 4.31 Å². The first kappa shape index (κ1) is 12.0. The molecule has 1 heterocycles. The lowest BCUT2D eigenvalue weighted by Gasteiger charge is -2.32. The number of hydrogen-bond donors (Lipinski definition) is 1. The molecule has 1 fully saturated rings. The Morgan fingerprint density at radius 3 is 2.20 bits per heavy atom. The molecule has 0 saturated carbocycles. The zero-order chi connectivity index (χ0) is 11.5. The number of piperazine rings is 1. The summed E-state index contributed by atoms with van der Waals surface area (Å²) in [6.07, 6.45) is 3.70. The summed E-state index contributed by atoms with van der Waals surface area (Å²) in [6.45, 7) is 1.86. The van der Waals surface area contributed by atoms with Gasteiger partial charge < -0.3 is 10.0 Å². The standard InChI is InChI=1S/C8H14N2O4S/c1-15(13,14)10-6-4-9(5-7-10)3-2-8(11)12/h2-3H,4-7H2,1H3,(H,11,12). The smallest absolute Gasteiger partial charge is 0.329 e. The van der Waals surface area contributed by atoms with Crippen LogP contribution in [-0.2, 0) is 14.8 Å². The summed E-state index contributed by atoms with van der Waals surface area (Å²) in [4.78, 5) is 12.0. The second-order valence-electron chi connectivity index (χ2n) is 3.35. The van der Waals surface area contributed by atoms with Gasteiger partial charge in [-0.3, -0.25) is 0 Å². The largest absolute Gasteiger partial charge is 0.478 e. The third kappa shape index (κ3) is 3.88. The number of carboxylic acids is 1. The van der Waals surface area contributed by atoms with E-state index in [9.17, 15) is 13.2 Å². The minimum Gasteiger partial charge on any atom is -0.478 e. The molecule has 0 radical (unpaired) electrons. The molecule has 6 nitrogen and oxygen atoms in total. The van der Waals surface area contributed by atoms with Crippen LogP contribution in [0, 0.1) is 0 Å². The lowest BCUT2D eigenvalue weighted by atomic mass is 10.4. The van der Waals surface area contributed by atoms with Gasteiger partial charge in [-0.05, 0) is 0 Å². The van der Waals surface area contributed by atoms with Gasteiger partial charge in [0.2, 0.25) is 10.0 Å². The average Bonchev–Trinajstić information content (AvgIpc) is 2.14. The topological polar surface area (TPSA) is 77.9 Å². The molecule has 0 aromatic heterocycles. The maximum Gasteiger partial charge on any atom is 0.329 e. The lowest BCUT2D eigenvalue weighted by molar-refractivity contribution is -0.131. The molecule has 1 aliphatic rings. The van der Waals surface area contributed by atoms with E-state index in [4.69, 9.17) is 5.11 Å². The molecule has 1 saturated heterocycles. The van der Waals surface area contributed by atoms with Gasteiger partial charge >= 0.3 is 5.97 Å². The van der Waals surface area contributed by atoms with Gasteiger partial charge in [0.05, 0.1) is 6.26 Å². The van der Waals surface area contributed by atoms with Crippen molar-refractivity contribution in [1.29, 1.82) is 0 Å². The van der Waals surface area contributed by atoms with Gasteiger partial charge in [0.1, 0.15) is 0 Å². The van der Waals surface area contributed by atoms with E-state index in [1.807, 2.05) is 0 Å². The Labute approximate surface area is 88.8 Å². The van der Waals surface area contributed by atoms with E-state index in [-0.39, 0.29) is 0 Å². The quantitative estimate of drug-likeness (QED) is 0.644. The third-order valence-electron chi connectivity index (χ3n) is 2.17. The van der Waals surface area contributed by atoms with Crippen LogP contribution < -0.4 is 0 Å². The van der Waals surface area contributed by atoms with E-state index in [1.165, 1.54) is 16.8 Å². The van der Waals surface area contributed by atoms with Crippen LogP contribution >= 0.6 is 0 Å². The van der Waals surface area contributed by atoms with Crippen LogP contribution in [0.3, 0.4) is 0 Å². The highest BCUT2D eigenvalue weighted by Gasteiger charge is 2.21. The number of carboxylic acid groups (broad SMARTS) is 1. The van der Waals surface area contributed by atoms with E-state index in [0.717, 1.165) is 6.08 Å². The number of carbonyl (C=O) groups is 1. The van der Waals surface area contributed by atoms with Crippen molar-refractivity contribution in [3.05, 3.63) is 12.3 Å². The SMILES string of the molecule is CS(=O)(=O)N1CCN(C=CC(=O)O)CC1. The molecule has 15 heavy (non-hydrogen) atoms. The molecular weight excluding hydrogens is 220 g/mol. The average molecular weight is 234 g/mol. The molecule has 0 aromatic carbocycles. The summed E-state index contributed by atoms with van der Waals surface area (Å²) >= 11 is 0. The predicted molar refractivity (Wildman–Crippen MR) is 54.8 cm³/mol. The summed E-state index contributed by atoms with van der Waals surface area (Å²) in [5.74, 6) is -0.999.